The van der Waals surface area contributed by atoms with Gasteiger partial charge in [-0.3, -0.25) is 4.79 Å². The Bertz CT molecular complexity index is 366. The molecule has 72 valence electrons. The van der Waals surface area contributed by atoms with E-state index in [4.69, 9.17) is 0 Å². The van der Waals surface area contributed by atoms with Crippen LogP contribution in [0.5, 0.6) is 0 Å². The van der Waals surface area contributed by atoms with Crippen molar-refractivity contribution in [3.8, 4) is 0 Å². The molecular weight excluding hydrogens is 359 g/mol. The maximum Gasteiger partial charge on any atom is 0.269 e. The highest BCUT2D eigenvalue weighted by Crippen LogP contribution is 2.17. The van der Waals surface area contributed by atoms with E-state index in [2.05, 4.69) is 20.9 Å². The molecule has 0 unspecified atom stereocenters. The van der Waals surface area contributed by atoms with Gasteiger partial charge in [0.15, 0.2) is 5.43 Å². The average molecular weight is 364 g/mol. The lowest BCUT2D eigenvalue weighted by Gasteiger charge is -2.03. The van der Waals surface area contributed by atoms with Crippen molar-refractivity contribution in [2.24, 2.45) is 0 Å². The molecule has 1 rings (SSSR count). The zero-order valence-electron chi connectivity index (χ0n) is 6.28. The lowest BCUT2D eigenvalue weighted by atomic mass is 10.2. The molecule has 0 atom stereocenters. The molecule has 2 nitrogen and oxygen atoms in total. The predicted molar refractivity (Wildman–Crippen MR) is 57.4 cm³/mol. The van der Waals surface area contributed by atoms with Crippen LogP contribution in [0.3, 0.4) is 0 Å². The number of rotatable bonds is 2. The van der Waals surface area contributed by atoms with Gasteiger partial charge in [0, 0.05) is 17.1 Å². The van der Waals surface area contributed by atoms with E-state index in [1.165, 1.54) is 0 Å². The molecule has 0 bridgehead atoms. The summed E-state index contributed by atoms with van der Waals surface area (Å²) in [5.74, 6) is 0. The third-order valence-corrected chi connectivity index (χ3v) is 3.05. The normalized spacial score (nSPS) is 10.8. The van der Waals surface area contributed by atoms with Crippen molar-refractivity contribution in [2.45, 2.75) is 11.8 Å². The second kappa shape index (κ2) is 4.50. The number of H-pyrrole nitrogens is 1. The van der Waals surface area contributed by atoms with Crippen molar-refractivity contribution in [1.29, 1.82) is 0 Å². The van der Waals surface area contributed by atoms with E-state index in [9.17, 15) is 13.6 Å². The SMILES string of the molecule is O=c1c(C(F)F)c[nH]c(I)c1CBr. The lowest BCUT2D eigenvalue weighted by molar-refractivity contribution is 0.149. The number of alkyl halides is 3. The molecule has 0 radical (unpaired) electrons. The van der Waals surface area contributed by atoms with E-state index in [0.717, 1.165) is 6.20 Å². The molecule has 0 aliphatic heterocycles. The summed E-state index contributed by atoms with van der Waals surface area (Å²) in [7, 11) is 0. The molecule has 0 aliphatic carbocycles. The van der Waals surface area contributed by atoms with E-state index in [0.29, 0.717) is 9.26 Å². The summed E-state index contributed by atoms with van der Waals surface area (Å²) in [6.45, 7) is 0. The molecule has 0 fully saturated rings. The first-order valence-electron chi connectivity index (χ1n) is 3.32. The van der Waals surface area contributed by atoms with E-state index in [1.807, 2.05) is 22.6 Å². The number of hydrogen-bond acceptors (Lipinski definition) is 1. The van der Waals surface area contributed by atoms with E-state index < -0.39 is 17.4 Å². The van der Waals surface area contributed by atoms with Gasteiger partial charge in [-0.15, -0.1) is 0 Å². The zero-order chi connectivity index (χ0) is 10.0. The van der Waals surface area contributed by atoms with Gasteiger partial charge < -0.3 is 4.98 Å². The number of aromatic nitrogens is 1. The summed E-state index contributed by atoms with van der Waals surface area (Å²) in [5.41, 5.74) is -0.719. The standard InChI is InChI=1S/C7H5BrF2INO/c8-1-3-5(13)4(6(9)10)2-12-7(3)11/h2,6H,1H2,(H,12,13). The van der Waals surface area contributed by atoms with E-state index in [-0.39, 0.29) is 5.33 Å². The second-order valence-electron chi connectivity index (χ2n) is 2.30. The fourth-order valence-electron chi connectivity index (χ4n) is 0.849. The van der Waals surface area contributed by atoms with Gasteiger partial charge in [-0.25, -0.2) is 8.78 Å². The first-order chi connectivity index (χ1) is 6.07. The third kappa shape index (κ3) is 2.28. The number of aromatic amines is 1. The Labute approximate surface area is 95.0 Å². The smallest absolute Gasteiger partial charge is 0.269 e. The predicted octanol–water partition coefficient (Wildman–Crippen LogP) is 2.81. The molecule has 1 aromatic heterocycles. The maximum atomic E-state index is 12.2. The van der Waals surface area contributed by atoms with Gasteiger partial charge in [0.1, 0.15) is 0 Å². The minimum atomic E-state index is -2.72. The number of halogens is 4. The van der Waals surface area contributed by atoms with Crippen molar-refractivity contribution in [3.63, 3.8) is 0 Å². The van der Waals surface area contributed by atoms with Gasteiger partial charge in [0.05, 0.1) is 9.26 Å². The number of pyridine rings is 1. The van der Waals surface area contributed by atoms with Crippen LogP contribution in [-0.4, -0.2) is 4.98 Å². The summed E-state index contributed by atoms with van der Waals surface area (Å²) >= 11 is 4.97. The highest BCUT2D eigenvalue weighted by Gasteiger charge is 2.15. The monoisotopic (exact) mass is 363 g/mol. The summed E-state index contributed by atoms with van der Waals surface area (Å²) in [5, 5.41) is 0.279. The topological polar surface area (TPSA) is 32.9 Å². The Morgan fingerprint density at radius 3 is 2.69 bits per heavy atom. The van der Waals surface area contributed by atoms with Gasteiger partial charge in [0.2, 0.25) is 0 Å². The molecule has 0 aromatic carbocycles. The Kier molecular flexibility index (Phi) is 3.84. The summed E-state index contributed by atoms with van der Waals surface area (Å²) < 4.78 is 25.1. The fourth-order valence-corrected chi connectivity index (χ4v) is 2.50. The molecule has 0 saturated carbocycles. The second-order valence-corrected chi connectivity index (χ2v) is 3.94. The molecular formula is C7H5BrF2INO. The van der Waals surface area contributed by atoms with Crippen LogP contribution >= 0.6 is 38.5 Å². The molecule has 13 heavy (non-hydrogen) atoms. The Balaban J connectivity index is 3.37. The van der Waals surface area contributed by atoms with Crippen LogP contribution in [0.15, 0.2) is 11.0 Å². The van der Waals surface area contributed by atoms with Crippen molar-refractivity contribution >= 4 is 38.5 Å². The number of nitrogens with one attached hydrogen (secondary N) is 1. The molecule has 1 aromatic rings. The summed E-state index contributed by atoms with van der Waals surface area (Å²) in [6, 6.07) is 0. The van der Waals surface area contributed by atoms with Crippen molar-refractivity contribution < 1.29 is 8.78 Å². The molecule has 1 N–H and O–H groups in total. The average Bonchev–Trinajstić information content (AvgIpc) is 2.04. The van der Waals surface area contributed by atoms with Crippen molar-refractivity contribution in [1.82, 2.24) is 4.98 Å². The van der Waals surface area contributed by atoms with Crippen LogP contribution in [0, 0.1) is 3.70 Å². The summed E-state index contributed by atoms with van der Waals surface area (Å²) in [6.07, 6.45) is -1.67. The zero-order valence-corrected chi connectivity index (χ0v) is 10.0. The van der Waals surface area contributed by atoms with Crippen LogP contribution in [0.1, 0.15) is 17.6 Å². The largest absolute Gasteiger partial charge is 0.356 e. The van der Waals surface area contributed by atoms with E-state index >= 15 is 0 Å². The van der Waals surface area contributed by atoms with Gasteiger partial charge in [0.25, 0.3) is 6.43 Å². The molecule has 6 heteroatoms. The Morgan fingerprint density at radius 1 is 1.62 bits per heavy atom. The first-order valence-corrected chi connectivity index (χ1v) is 5.52. The highest BCUT2D eigenvalue weighted by molar-refractivity contribution is 14.1. The van der Waals surface area contributed by atoms with Gasteiger partial charge >= 0.3 is 0 Å². The quantitative estimate of drug-likeness (QED) is 0.489. The van der Waals surface area contributed by atoms with E-state index in [1.54, 1.807) is 0 Å². The molecule has 0 saturated heterocycles. The Morgan fingerprint density at radius 2 is 2.23 bits per heavy atom. The fraction of sp³-hybridized carbons (Fsp3) is 0.286. The summed E-state index contributed by atoms with van der Waals surface area (Å²) in [4.78, 5) is 13.9. The first kappa shape index (κ1) is 11.1. The van der Waals surface area contributed by atoms with Crippen LogP contribution in [0.4, 0.5) is 8.78 Å². The molecule has 0 aliphatic rings. The number of hydrogen-bond donors (Lipinski definition) is 1. The van der Waals surface area contributed by atoms with Gasteiger partial charge in [-0.1, -0.05) is 15.9 Å². The van der Waals surface area contributed by atoms with Crippen LogP contribution in [0.25, 0.3) is 0 Å². The van der Waals surface area contributed by atoms with Crippen LogP contribution in [-0.2, 0) is 5.33 Å². The maximum absolute atomic E-state index is 12.2. The van der Waals surface area contributed by atoms with Gasteiger partial charge in [-0.2, -0.15) is 0 Å². The van der Waals surface area contributed by atoms with Crippen LogP contribution < -0.4 is 5.43 Å². The third-order valence-electron chi connectivity index (χ3n) is 1.52. The molecule has 0 amide bonds. The molecule has 1 heterocycles. The Hall–Kier alpha value is 0.0200. The van der Waals surface area contributed by atoms with Gasteiger partial charge in [-0.05, 0) is 22.6 Å². The minimum absolute atomic E-state index is 0.279. The lowest BCUT2D eigenvalue weighted by Crippen LogP contribution is -2.16. The highest BCUT2D eigenvalue weighted by atomic mass is 127. The van der Waals surface area contributed by atoms with Crippen molar-refractivity contribution in [3.05, 3.63) is 31.2 Å². The van der Waals surface area contributed by atoms with Crippen LogP contribution in [0.2, 0.25) is 0 Å². The minimum Gasteiger partial charge on any atom is -0.356 e. The molecule has 0 spiro atoms. The van der Waals surface area contributed by atoms with Crippen molar-refractivity contribution in [2.75, 3.05) is 0 Å².